The van der Waals surface area contributed by atoms with Crippen LogP contribution in [0.4, 0.5) is 0 Å². The number of nitrogens with one attached hydrogen (secondary N) is 1. The van der Waals surface area contributed by atoms with E-state index in [1.807, 2.05) is 11.8 Å². The summed E-state index contributed by atoms with van der Waals surface area (Å²) in [6.07, 6.45) is 1.56. The summed E-state index contributed by atoms with van der Waals surface area (Å²) < 4.78 is 10.5. The molecular formula is C12H14N4O3. The number of carbonyl (C=O) groups excluding carboxylic acids is 1. The van der Waals surface area contributed by atoms with Crippen molar-refractivity contribution in [3.05, 3.63) is 24.3 Å². The lowest BCUT2D eigenvalue weighted by molar-refractivity contribution is -0.125. The topological polar surface area (TPSA) is 84.4 Å². The van der Waals surface area contributed by atoms with Crippen LogP contribution in [0.25, 0.3) is 11.6 Å². The molecule has 3 rings (SSSR count). The van der Waals surface area contributed by atoms with Gasteiger partial charge in [0, 0.05) is 13.1 Å². The molecular weight excluding hydrogens is 248 g/mol. The predicted molar refractivity (Wildman–Crippen MR) is 65.0 cm³/mol. The minimum Gasteiger partial charge on any atom is -0.461 e. The van der Waals surface area contributed by atoms with Gasteiger partial charge in [0.1, 0.15) is 0 Å². The van der Waals surface area contributed by atoms with E-state index in [1.165, 1.54) is 0 Å². The zero-order valence-electron chi connectivity index (χ0n) is 10.5. The second kappa shape index (κ2) is 4.85. The number of rotatable bonds is 3. The van der Waals surface area contributed by atoms with Gasteiger partial charge in [0.25, 0.3) is 0 Å². The summed E-state index contributed by atoms with van der Waals surface area (Å²) >= 11 is 0. The third kappa shape index (κ3) is 2.37. The van der Waals surface area contributed by atoms with Crippen molar-refractivity contribution in [2.75, 3.05) is 19.6 Å². The summed E-state index contributed by atoms with van der Waals surface area (Å²) in [6.45, 7) is 3.70. The number of furan rings is 1. The van der Waals surface area contributed by atoms with Crippen LogP contribution < -0.4 is 5.32 Å². The van der Waals surface area contributed by atoms with Crippen molar-refractivity contribution in [2.45, 2.75) is 13.0 Å². The Balaban J connectivity index is 1.77. The van der Waals surface area contributed by atoms with Crippen LogP contribution >= 0.6 is 0 Å². The summed E-state index contributed by atoms with van der Waals surface area (Å²) in [4.78, 5) is 17.7. The van der Waals surface area contributed by atoms with E-state index in [-0.39, 0.29) is 11.9 Å². The Morgan fingerprint density at radius 3 is 3.16 bits per heavy atom. The molecule has 0 unspecified atom stereocenters. The SMILES string of the molecule is C[C@H](c1nc(-c2ccco2)no1)N1CCNC(=O)C1. The molecule has 1 fully saturated rings. The van der Waals surface area contributed by atoms with Gasteiger partial charge in [-0.05, 0) is 19.1 Å². The maximum atomic E-state index is 11.4. The van der Waals surface area contributed by atoms with Crippen molar-refractivity contribution in [1.29, 1.82) is 0 Å². The van der Waals surface area contributed by atoms with E-state index in [0.717, 1.165) is 6.54 Å². The Morgan fingerprint density at radius 2 is 2.42 bits per heavy atom. The summed E-state index contributed by atoms with van der Waals surface area (Å²) in [6, 6.07) is 3.44. The molecule has 100 valence electrons. The Bertz CT molecular complexity index is 563. The highest BCUT2D eigenvalue weighted by Crippen LogP contribution is 2.22. The first-order valence-corrected chi connectivity index (χ1v) is 6.12. The molecule has 0 radical (unpaired) electrons. The van der Waals surface area contributed by atoms with Gasteiger partial charge in [-0.3, -0.25) is 9.69 Å². The van der Waals surface area contributed by atoms with Crippen LogP contribution in [-0.2, 0) is 4.79 Å². The molecule has 0 saturated carbocycles. The predicted octanol–water partition coefficient (Wildman–Crippen LogP) is 0.822. The monoisotopic (exact) mass is 262 g/mol. The first-order valence-electron chi connectivity index (χ1n) is 6.12. The molecule has 1 aliphatic heterocycles. The van der Waals surface area contributed by atoms with Crippen LogP contribution in [0.3, 0.4) is 0 Å². The van der Waals surface area contributed by atoms with Crippen LogP contribution in [0.2, 0.25) is 0 Å². The summed E-state index contributed by atoms with van der Waals surface area (Å²) in [5, 5.41) is 6.67. The molecule has 0 bridgehead atoms. The molecule has 2 aromatic heterocycles. The van der Waals surface area contributed by atoms with Gasteiger partial charge >= 0.3 is 0 Å². The zero-order valence-corrected chi connectivity index (χ0v) is 10.5. The number of aromatic nitrogens is 2. The zero-order chi connectivity index (χ0) is 13.2. The number of piperazine rings is 1. The highest BCUT2D eigenvalue weighted by Gasteiger charge is 2.26. The molecule has 3 heterocycles. The second-order valence-corrected chi connectivity index (χ2v) is 4.43. The van der Waals surface area contributed by atoms with E-state index in [2.05, 4.69) is 15.5 Å². The van der Waals surface area contributed by atoms with Gasteiger partial charge < -0.3 is 14.3 Å². The summed E-state index contributed by atoms with van der Waals surface area (Å²) in [5.41, 5.74) is 0. The fourth-order valence-corrected chi connectivity index (χ4v) is 2.06. The lowest BCUT2D eigenvalue weighted by Gasteiger charge is -2.29. The van der Waals surface area contributed by atoms with Crippen molar-refractivity contribution < 1.29 is 13.7 Å². The molecule has 2 aromatic rings. The molecule has 1 atom stereocenters. The number of nitrogens with zero attached hydrogens (tertiary/aromatic N) is 3. The Morgan fingerprint density at radius 1 is 1.53 bits per heavy atom. The molecule has 0 aliphatic carbocycles. The standard InChI is InChI=1S/C12H14N4O3/c1-8(16-5-4-13-10(17)7-16)12-14-11(15-19-12)9-3-2-6-18-9/h2-3,6,8H,4-5,7H2,1H3,(H,13,17)/t8-/m1/s1. The number of hydrogen-bond acceptors (Lipinski definition) is 6. The number of hydrogen-bond donors (Lipinski definition) is 1. The number of amides is 1. The molecule has 7 heteroatoms. The molecule has 1 amide bonds. The van der Waals surface area contributed by atoms with Gasteiger partial charge in [0.2, 0.25) is 17.6 Å². The van der Waals surface area contributed by atoms with Gasteiger partial charge in [-0.1, -0.05) is 5.16 Å². The van der Waals surface area contributed by atoms with Crippen LogP contribution in [-0.4, -0.2) is 40.6 Å². The van der Waals surface area contributed by atoms with Crippen molar-refractivity contribution in [1.82, 2.24) is 20.4 Å². The fraction of sp³-hybridized carbons (Fsp3) is 0.417. The first-order chi connectivity index (χ1) is 9.24. The van der Waals surface area contributed by atoms with Gasteiger partial charge in [-0.25, -0.2) is 0 Å². The van der Waals surface area contributed by atoms with Crippen LogP contribution in [0.1, 0.15) is 18.9 Å². The van der Waals surface area contributed by atoms with E-state index >= 15 is 0 Å². The number of carbonyl (C=O) groups is 1. The lowest BCUT2D eigenvalue weighted by Crippen LogP contribution is -2.48. The third-order valence-electron chi connectivity index (χ3n) is 3.16. The smallest absolute Gasteiger partial charge is 0.244 e. The second-order valence-electron chi connectivity index (χ2n) is 4.43. The lowest BCUT2D eigenvalue weighted by atomic mass is 10.2. The Kier molecular flexibility index (Phi) is 3.04. The molecule has 0 aromatic carbocycles. The summed E-state index contributed by atoms with van der Waals surface area (Å²) in [5.74, 6) is 1.50. The minimum absolute atomic E-state index is 0.0175. The molecule has 1 aliphatic rings. The van der Waals surface area contributed by atoms with E-state index in [4.69, 9.17) is 8.94 Å². The highest BCUT2D eigenvalue weighted by molar-refractivity contribution is 5.78. The molecule has 19 heavy (non-hydrogen) atoms. The van der Waals surface area contributed by atoms with Crippen molar-refractivity contribution >= 4 is 5.91 Å². The largest absolute Gasteiger partial charge is 0.461 e. The normalized spacial score (nSPS) is 18.3. The van der Waals surface area contributed by atoms with Gasteiger partial charge in [-0.15, -0.1) is 0 Å². The Hall–Kier alpha value is -2.15. The first kappa shape index (κ1) is 11.9. The quantitative estimate of drug-likeness (QED) is 0.881. The maximum absolute atomic E-state index is 11.4. The van der Waals surface area contributed by atoms with E-state index in [1.54, 1.807) is 18.4 Å². The van der Waals surface area contributed by atoms with E-state index in [9.17, 15) is 4.79 Å². The molecule has 1 saturated heterocycles. The van der Waals surface area contributed by atoms with Gasteiger partial charge in [0.05, 0.1) is 18.8 Å². The summed E-state index contributed by atoms with van der Waals surface area (Å²) in [7, 11) is 0. The Labute approximate surface area is 109 Å². The van der Waals surface area contributed by atoms with Crippen molar-refractivity contribution in [3.63, 3.8) is 0 Å². The van der Waals surface area contributed by atoms with Crippen molar-refractivity contribution in [2.24, 2.45) is 0 Å². The van der Waals surface area contributed by atoms with E-state index < -0.39 is 0 Å². The van der Waals surface area contributed by atoms with E-state index in [0.29, 0.717) is 30.6 Å². The third-order valence-corrected chi connectivity index (χ3v) is 3.16. The molecule has 0 spiro atoms. The van der Waals surface area contributed by atoms with Gasteiger partial charge in [-0.2, -0.15) is 4.98 Å². The average Bonchev–Trinajstić information content (AvgIpc) is 3.08. The maximum Gasteiger partial charge on any atom is 0.244 e. The van der Waals surface area contributed by atoms with Crippen LogP contribution in [0, 0.1) is 0 Å². The molecule has 1 N–H and O–H groups in total. The average molecular weight is 262 g/mol. The fourth-order valence-electron chi connectivity index (χ4n) is 2.06. The van der Waals surface area contributed by atoms with Crippen LogP contribution in [0.5, 0.6) is 0 Å². The molecule has 7 nitrogen and oxygen atoms in total. The van der Waals surface area contributed by atoms with Crippen molar-refractivity contribution in [3.8, 4) is 11.6 Å². The minimum atomic E-state index is -0.0951. The van der Waals surface area contributed by atoms with Crippen LogP contribution in [0.15, 0.2) is 27.3 Å². The van der Waals surface area contributed by atoms with Gasteiger partial charge in [0.15, 0.2) is 5.76 Å². The highest BCUT2D eigenvalue weighted by atomic mass is 16.5.